The van der Waals surface area contributed by atoms with Gasteiger partial charge in [0.25, 0.3) is 0 Å². The molecule has 22 heavy (non-hydrogen) atoms. The summed E-state index contributed by atoms with van der Waals surface area (Å²) in [5.41, 5.74) is 2.13. The lowest BCUT2D eigenvalue weighted by molar-refractivity contribution is -0.118. The summed E-state index contributed by atoms with van der Waals surface area (Å²) < 4.78 is 1.06. The van der Waals surface area contributed by atoms with E-state index in [0.717, 1.165) is 21.7 Å². The van der Waals surface area contributed by atoms with Crippen LogP contribution in [-0.4, -0.2) is 22.3 Å². The fourth-order valence-corrected chi connectivity index (χ4v) is 3.61. The molecule has 4 nitrogen and oxygen atoms in total. The Hall–Kier alpha value is -1.24. The van der Waals surface area contributed by atoms with Crippen molar-refractivity contribution >= 4 is 33.2 Å². The molecule has 116 valence electrons. The van der Waals surface area contributed by atoms with Gasteiger partial charge >= 0.3 is 0 Å². The summed E-state index contributed by atoms with van der Waals surface area (Å²) in [4.78, 5) is 18.7. The van der Waals surface area contributed by atoms with Gasteiger partial charge in [0, 0.05) is 22.3 Å². The highest BCUT2D eigenvalue weighted by Gasteiger charge is 2.32. The van der Waals surface area contributed by atoms with Crippen molar-refractivity contribution < 1.29 is 4.79 Å². The number of rotatable bonds is 4. The van der Waals surface area contributed by atoms with Crippen molar-refractivity contribution in [3.8, 4) is 0 Å². The van der Waals surface area contributed by atoms with Crippen molar-refractivity contribution in [2.45, 2.75) is 32.5 Å². The van der Waals surface area contributed by atoms with Crippen LogP contribution in [0.1, 0.15) is 42.2 Å². The van der Waals surface area contributed by atoms with Crippen LogP contribution in [0, 0.1) is 0 Å². The monoisotopic (exact) mass is 379 g/mol. The van der Waals surface area contributed by atoms with E-state index < -0.39 is 0 Å². The van der Waals surface area contributed by atoms with Gasteiger partial charge in [-0.1, -0.05) is 41.9 Å². The number of benzene rings is 1. The molecule has 1 saturated heterocycles. The molecule has 0 aliphatic carbocycles. The molecule has 1 amide bonds. The molecule has 0 saturated carbocycles. The van der Waals surface area contributed by atoms with Gasteiger partial charge in [0.2, 0.25) is 5.91 Å². The molecular formula is C16H18BrN3OS. The third-order valence-corrected chi connectivity index (χ3v) is 5.31. The average Bonchev–Trinajstić information content (AvgIpc) is 3.08. The lowest BCUT2D eigenvalue weighted by Gasteiger charge is -2.21. The van der Waals surface area contributed by atoms with Crippen LogP contribution in [0.4, 0.5) is 0 Å². The average molecular weight is 380 g/mol. The Kier molecular flexibility index (Phi) is 4.61. The Bertz CT molecular complexity index is 668. The van der Waals surface area contributed by atoms with E-state index in [-0.39, 0.29) is 12.1 Å². The quantitative estimate of drug-likeness (QED) is 0.881. The van der Waals surface area contributed by atoms with Crippen LogP contribution in [0.5, 0.6) is 0 Å². The number of carbonyl (C=O) groups is 1. The molecule has 3 rings (SSSR count). The number of aromatic nitrogens is 1. The Labute approximate surface area is 142 Å². The van der Waals surface area contributed by atoms with Crippen LogP contribution in [0.15, 0.2) is 34.1 Å². The van der Waals surface area contributed by atoms with E-state index in [9.17, 15) is 4.79 Å². The first-order chi connectivity index (χ1) is 10.5. The van der Waals surface area contributed by atoms with E-state index >= 15 is 0 Å². The van der Waals surface area contributed by atoms with E-state index in [4.69, 9.17) is 0 Å². The third kappa shape index (κ3) is 3.39. The fraction of sp³-hybridized carbons (Fsp3) is 0.375. The van der Waals surface area contributed by atoms with E-state index in [1.165, 1.54) is 5.56 Å². The molecule has 1 aromatic heterocycles. The molecule has 0 spiro atoms. The zero-order valence-electron chi connectivity index (χ0n) is 12.5. The summed E-state index contributed by atoms with van der Waals surface area (Å²) in [6.07, 6.45) is -0.125. The molecule has 2 heterocycles. The van der Waals surface area contributed by atoms with Gasteiger partial charge in [-0.2, -0.15) is 0 Å². The summed E-state index contributed by atoms with van der Waals surface area (Å²) in [7, 11) is 0. The van der Waals surface area contributed by atoms with Crippen molar-refractivity contribution in [2.24, 2.45) is 0 Å². The smallest absolute Gasteiger partial charge is 0.235 e. The number of carbonyl (C=O) groups excluding carboxylic acids is 1. The summed E-state index contributed by atoms with van der Waals surface area (Å²) >= 11 is 5.10. The van der Waals surface area contributed by atoms with Crippen molar-refractivity contribution in [3.05, 3.63) is 50.4 Å². The standard InChI is InChI=1S/C16H18BrN3OS/c1-10(2)16-18-13(9-22-16)15-19-14(21)8-20(15)7-11-3-5-12(17)6-4-11/h3-6,9-10,15H,7-8H2,1-2H3,(H,19,21)/t15-/m0/s1. The molecule has 0 radical (unpaired) electrons. The number of hydrogen-bond acceptors (Lipinski definition) is 4. The molecular weight excluding hydrogens is 362 g/mol. The lowest BCUT2D eigenvalue weighted by atomic mass is 10.2. The third-order valence-electron chi connectivity index (χ3n) is 3.62. The largest absolute Gasteiger partial charge is 0.334 e. The zero-order chi connectivity index (χ0) is 15.7. The van der Waals surface area contributed by atoms with Crippen molar-refractivity contribution in [2.75, 3.05) is 6.54 Å². The Balaban J connectivity index is 1.79. The first kappa shape index (κ1) is 15.6. The van der Waals surface area contributed by atoms with Crippen LogP contribution in [0.25, 0.3) is 0 Å². The van der Waals surface area contributed by atoms with Crippen LogP contribution in [-0.2, 0) is 11.3 Å². The molecule has 2 aromatic rings. The second-order valence-electron chi connectivity index (χ2n) is 5.77. The molecule has 6 heteroatoms. The summed E-state index contributed by atoms with van der Waals surface area (Å²) in [5.74, 6) is 0.469. The molecule has 1 N–H and O–H groups in total. The first-order valence-electron chi connectivity index (χ1n) is 7.26. The van der Waals surface area contributed by atoms with Gasteiger partial charge in [0.05, 0.1) is 17.2 Å². The number of thiazole rings is 1. The van der Waals surface area contributed by atoms with E-state index in [2.05, 4.69) is 62.5 Å². The van der Waals surface area contributed by atoms with Gasteiger partial charge in [-0.15, -0.1) is 11.3 Å². The van der Waals surface area contributed by atoms with Crippen molar-refractivity contribution in [1.82, 2.24) is 15.2 Å². The number of nitrogens with one attached hydrogen (secondary N) is 1. The Morgan fingerprint density at radius 1 is 1.41 bits per heavy atom. The molecule has 0 unspecified atom stereocenters. The van der Waals surface area contributed by atoms with Crippen LogP contribution in [0.2, 0.25) is 0 Å². The van der Waals surface area contributed by atoms with E-state index in [0.29, 0.717) is 12.5 Å². The summed E-state index contributed by atoms with van der Waals surface area (Å²) in [6.45, 7) is 5.41. The maximum absolute atomic E-state index is 11.8. The SMILES string of the molecule is CC(C)c1nc([C@H]2NC(=O)CN2Cc2ccc(Br)cc2)cs1. The predicted molar refractivity (Wildman–Crippen MR) is 91.6 cm³/mol. The van der Waals surface area contributed by atoms with Crippen LogP contribution < -0.4 is 5.32 Å². The number of hydrogen-bond donors (Lipinski definition) is 1. The minimum Gasteiger partial charge on any atom is -0.334 e. The number of halogens is 1. The molecule has 1 fully saturated rings. The minimum atomic E-state index is -0.125. The van der Waals surface area contributed by atoms with Gasteiger partial charge in [0.1, 0.15) is 6.17 Å². The highest BCUT2D eigenvalue weighted by Crippen LogP contribution is 2.28. The minimum absolute atomic E-state index is 0.0567. The van der Waals surface area contributed by atoms with Gasteiger partial charge < -0.3 is 5.32 Å². The Morgan fingerprint density at radius 3 is 2.77 bits per heavy atom. The number of amides is 1. The topological polar surface area (TPSA) is 45.2 Å². The Morgan fingerprint density at radius 2 is 2.14 bits per heavy atom. The zero-order valence-corrected chi connectivity index (χ0v) is 14.9. The van der Waals surface area contributed by atoms with Crippen LogP contribution in [0.3, 0.4) is 0 Å². The molecule has 0 bridgehead atoms. The van der Waals surface area contributed by atoms with E-state index in [1.54, 1.807) is 11.3 Å². The van der Waals surface area contributed by atoms with Crippen molar-refractivity contribution in [3.63, 3.8) is 0 Å². The second-order valence-corrected chi connectivity index (χ2v) is 7.57. The predicted octanol–water partition coefficient (Wildman–Crippen LogP) is 3.66. The normalized spacial score (nSPS) is 18.9. The number of nitrogens with zero attached hydrogens (tertiary/aromatic N) is 2. The first-order valence-corrected chi connectivity index (χ1v) is 8.93. The molecule has 1 aliphatic rings. The van der Waals surface area contributed by atoms with Gasteiger partial charge in [-0.25, -0.2) is 4.98 Å². The molecule has 1 aliphatic heterocycles. The lowest BCUT2D eigenvalue weighted by Crippen LogP contribution is -2.27. The highest BCUT2D eigenvalue weighted by atomic mass is 79.9. The summed E-state index contributed by atoms with van der Waals surface area (Å²) in [5, 5.41) is 6.19. The van der Waals surface area contributed by atoms with Gasteiger partial charge in [-0.05, 0) is 17.7 Å². The van der Waals surface area contributed by atoms with E-state index in [1.807, 2.05) is 12.1 Å². The van der Waals surface area contributed by atoms with Crippen molar-refractivity contribution in [1.29, 1.82) is 0 Å². The highest BCUT2D eigenvalue weighted by molar-refractivity contribution is 9.10. The van der Waals surface area contributed by atoms with Gasteiger partial charge in [0.15, 0.2) is 0 Å². The molecule has 1 atom stereocenters. The van der Waals surface area contributed by atoms with Crippen LogP contribution >= 0.6 is 27.3 Å². The second kappa shape index (κ2) is 6.48. The maximum Gasteiger partial charge on any atom is 0.235 e. The maximum atomic E-state index is 11.8. The summed E-state index contributed by atoms with van der Waals surface area (Å²) in [6, 6.07) is 8.19. The fourth-order valence-electron chi connectivity index (χ4n) is 2.49. The molecule has 1 aromatic carbocycles. The van der Waals surface area contributed by atoms with Gasteiger partial charge in [-0.3, -0.25) is 9.69 Å².